The minimum absolute atomic E-state index is 0.269. The number of nitrogens with zero attached hydrogens (tertiary/aromatic N) is 2. The molecule has 0 aromatic heterocycles. The summed E-state index contributed by atoms with van der Waals surface area (Å²) in [6, 6.07) is 10.4. The molecule has 1 heterocycles. The predicted molar refractivity (Wildman–Crippen MR) is 97.6 cm³/mol. The van der Waals surface area contributed by atoms with Crippen LogP contribution in [0.2, 0.25) is 10.0 Å². The minimum Gasteiger partial charge on any atom is -0.497 e. The molecule has 1 amide bonds. The van der Waals surface area contributed by atoms with E-state index in [2.05, 4.69) is 0 Å². The van der Waals surface area contributed by atoms with Gasteiger partial charge in [0.15, 0.2) is 0 Å². The highest BCUT2D eigenvalue weighted by molar-refractivity contribution is 6.52. The molecule has 130 valence electrons. The van der Waals surface area contributed by atoms with E-state index in [1.807, 2.05) is 18.0 Å². The first kappa shape index (κ1) is 17.7. The van der Waals surface area contributed by atoms with Crippen molar-refractivity contribution >= 4 is 40.6 Å². The molecule has 2 aromatic rings. The van der Waals surface area contributed by atoms with E-state index in [4.69, 9.17) is 27.9 Å². The van der Waals surface area contributed by atoms with Crippen LogP contribution in [0.5, 0.6) is 5.75 Å². The molecule has 0 atom stereocenters. The van der Waals surface area contributed by atoms with Crippen LogP contribution in [0.3, 0.4) is 0 Å². The Hall–Kier alpha value is -2.08. The fourth-order valence-corrected chi connectivity index (χ4v) is 3.10. The summed E-state index contributed by atoms with van der Waals surface area (Å²) in [6.07, 6.45) is 0. The van der Waals surface area contributed by atoms with Crippen molar-refractivity contribution in [1.82, 2.24) is 4.90 Å². The van der Waals surface area contributed by atoms with Gasteiger partial charge >= 0.3 is 5.91 Å². The summed E-state index contributed by atoms with van der Waals surface area (Å²) < 4.78 is 5.19. The number of fused-ring (bicyclic) bond motifs is 1. The number of carbonyl (C=O) groups is 2. The number of benzene rings is 2. The lowest BCUT2D eigenvalue weighted by molar-refractivity contribution is -0.114. The standard InChI is InChI=1S/C18H16Cl2N2O3/c1-21(9-11-3-6-14(19)15(20)7-11)10-22-16-8-12(25-2)4-5-13(16)17(23)18(22)24/h3-8H,9-10H2,1-2H3. The first-order valence-electron chi connectivity index (χ1n) is 7.57. The van der Waals surface area contributed by atoms with Gasteiger partial charge in [0.1, 0.15) is 5.75 Å². The number of hydrogen-bond donors (Lipinski definition) is 0. The molecular formula is C18H16Cl2N2O3. The third kappa shape index (κ3) is 3.49. The third-order valence-corrected chi connectivity index (χ3v) is 4.74. The van der Waals surface area contributed by atoms with Crippen LogP contribution in [-0.4, -0.2) is 37.4 Å². The van der Waals surface area contributed by atoms with E-state index in [9.17, 15) is 9.59 Å². The van der Waals surface area contributed by atoms with Crippen LogP contribution in [-0.2, 0) is 11.3 Å². The Labute approximate surface area is 155 Å². The molecule has 0 saturated heterocycles. The van der Waals surface area contributed by atoms with E-state index in [1.165, 1.54) is 4.90 Å². The van der Waals surface area contributed by atoms with E-state index in [0.717, 1.165) is 5.56 Å². The van der Waals surface area contributed by atoms with Gasteiger partial charge in [-0.1, -0.05) is 29.3 Å². The minimum atomic E-state index is -0.538. The summed E-state index contributed by atoms with van der Waals surface area (Å²) in [5.41, 5.74) is 1.92. The molecule has 1 aliphatic heterocycles. The average Bonchev–Trinajstić information content (AvgIpc) is 2.82. The summed E-state index contributed by atoms with van der Waals surface area (Å²) in [6.45, 7) is 0.819. The topological polar surface area (TPSA) is 49.9 Å². The smallest absolute Gasteiger partial charge is 0.300 e. The van der Waals surface area contributed by atoms with Gasteiger partial charge in [-0.25, -0.2) is 0 Å². The molecule has 7 heteroatoms. The molecule has 25 heavy (non-hydrogen) atoms. The van der Waals surface area contributed by atoms with E-state index < -0.39 is 11.7 Å². The molecular weight excluding hydrogens is 363 g/mol. The lowest BCUT2D eigenvalue weighted by atomic mass is 10.1. The number of carbonyl (C=O) groups excluding carboxylic acids is 2. The van der Waals surface area contributed by atoms with Gasteiger partial charge in [-0.05, 0) is 36.9 Å². The molecule has 0 unspecified atom stereocenters. The Morgan fingerprint density at radius 1 is 1.08 bits per heavy atom. The Bertz CT molecular complexity index is 854. The molecule has 0 N–H and O–H groups in total. The normalized spacial score (nSPS) is 13.6. The molecule has 0 saturated carbocycles. The van der Waals surface area contributed by atoms with Gasteiger partial charge in [-0.15, -0.1) is 0 Å². The van der Waals surface area contributed by atoms with Crippen molar-refractivity contribution in [2.45, 2.75) is 6.54 Å². The van der Waals surface area contributed by atoms with Gasteiger partial charge in [0.05, 0.1) is 35.1 Å². The van der Waals surface area contributed by atoms with Crippen LogP contribution in [0.15, 0.2) is 36.4 Å². The number of rotatable bonds is 5. The van der Waals surface area contributed by atoms with Gasteiger partial charge in [-0.3, -0.25) is 19.4 Å². The number of methoxy groups -OCH3 is 1. The van der Waals surface area contributed by atoms with Crippen LogP contribution in [0, 0.1) is 0 Å². The van der Waals surface area contributed by atoms with Crippen molar-refractivity contribution in [1.29, 1.82) is 0 Å². The molecule has 3 rings (SSSR count). The predicted octanol–water partition coefficient (Wildman–Crippen LogP) is 3.62. The van der Waals surface area contributed by atoms with Crippen LogP contribution >= 0.6 is 23.2 Å². The molecule has 0 fully saturated rings. The number of Topliss-reactive ketones (excluding diaryl/α,β-unsaturated/α-hetero) is 1. The summed E-state index contributed by atoms with van der Waals surface area (Å²) in [5, 5.41) is 0.976. The summed E-state index contributed by atoms with van der Waals surface area (Å²) in [7, 11) is 3.40. The second-order valence-electron chi connectivity index (χ2n) is 5.85. The highest BCUT2D eigenvalue weighted by Gasteiger charge is 2.36. The third-order valence-electron chi connectivity index (χ3n) is 4.00. The lowest BCUT2D eigenvalue weighted by Gasteiger charge is -2.24. The maximum Gasteiger partial charge on any atom is 0.300 e. The van der Waals surface area contributed by atoms with Crippen molar-refractivity contribution in [2.24, 2.45) is 0 Å². The quantitative estimate of drug-likeness (QED) is 0.745. The average molecular weight is 379 g/mol. The zero-order valence-corrected chi connectivity index (χ0v) is 15.3. The number of anilines is 1. The van der Waals surface area contributed by atoms with Gasteiger partial charge in [0.25, 0.3) is 5.78 Å². The summed E-state index contributed by atoms with van der Waals surface area (Å²) in [5.74, 6) is -0.441. The second kappa shape index (κ2) is 7.04. The summed E-state index contributed by atoms with van der Waals surface area (Å²) in [4.78, 5) is 27.8. The molecule has 0 bridgehead atoms. The van der Waals surface area contributed by atoms with Gasteiger partial charge in [0.2, 0.25) is 0 Å². The first-order valence-corrected chi connectivity index (χ1v) is 8.33. The number of halogens is 2. The highest BCUT2D eigenvalue weighted by atomic mass is 35.5. The maximum atomic E-state index is 12.3. The zero-order chi connectivity index (χ0) is 18.1. The molecule has 5 nitrogen and oxygen atoms in total. The van der Waals surface area contributed by atoms with E-state index >= 15 is 0 Å². The second-order valence-corrected chi connectivity index (χ2v) is 6.66. The summed E-state index contributed by atoms with van der Waals surface area (Å²) >= 11 is 12.0. The SMILES string of the molecule is COc1ccc2c(c1)N(CN(C)Cc1ccc(Cl)c(Cl)c1)C(=O)C2=O. The number of amides is 1. The van der Waals surface area contributed by atoms with Crippen LogP contribution in [0.1, 0.15) is 15.9 Å². The monoisotopic (exact) mass is 378 g/mol. The maximum absolute atomic E-state index is 12.3. The van der Waals surface area contributed by atoms with Gasteiger partial charge < -0.3 is 4.74 Å². The number of ketones is 1. The van der Waals surface area contributed by atoms with Crippen molar-refractivity contribution in [3.63, 3.8) is 0 Å². The largest absolute Gasteiger partial charge is 0.497 e. The van der Waals surface area contributed by atoms with Crippen LogP contribution in [0.4, 0.5) is 5.69 Å². The number of hydrogen-bond acceptors (Lipinski definition) is 4. The molecule has 0 aliphatic carbocycles. The zero-order valence-electron chi connectivity index (χ0n) is 13.8. The van der Waals surface area contributed by atoms with Crippen molar-refractivity contribution in [3.05, 3.63) is 57.6 Å². The molecule has 0 spiro atoms. The van der Waals surface area contributed by atoms with Gasteiger partial charge in [-0.2, -0.15) is 0 Å². The van der Waals surface area contributed by atoms with Crippen molar-refractivity contribution in [3.8, 4) is 5.75 Å². The Morgan fingerprint density at radius 2 is 1.84 bits per heavy atom. The molecule has 2 aromatic carbocycles. The Kier molecular flexibility index (Phi) is 4.99. The fraction of sp³-hybridized carbons (Fsp3) is 0.222. The Balaban J connectivity index is 1.79. The van der Waals surface area contributed by atoms with Crippen LogP contribution in [0.25, 0.3) is 0 Å². The fourth-order valence-electron chi connectivity index (χ4n) is 2.78. The van der Waals surface area contributed by atoms with Crippen molar-refractivity contribution in [2.75, 3.05) is 25.7 Å². The molecule has 0 radical (unpaired) electrons. The van der Waals surface area contributed by atoms with E-state index in [0.29, 0.717) is 33.6 Å². The van der Waals surface area contributed by atoms with E-state index in [1.54, 1.807) is 37.4 Å². The van der Waals surface area contributed by atoms with Crippen molar-refractivity contribution < 1.29 is 14.3 Å². The molecule has 1 aliphatic rings. The van der Waals surface area contributed by atoms with Crippen LogP contribution < -0.4 is 9.64 Å². The lowest BCUT2D eigenvalue weighted by Crippen LogP contribution is -2.38. The first-order chi connectivity index (χ1) is 11.9. The number of ether oxygens (including phenoxy) is 1. The van der Waals surface area contributed by atoms with Gasteiger partial charge in [0, 0.05) is 12.6 Å². The Morgan fingerprint density at radius 3 is 2.52 bits per heavy atom. The van der Waals surface area contributed by atoms with E-state index in [-0.39, 0.29) is 6.67 Å². The highest BCUT2D eigenvalue weighted by Crippen LogP contribution is 2.32.